The van der Waals surface area contributed by atoms with E-state index >= 15 is 0 Å². The minimum absolute atomic E-state index is 0.0314. The van der Waals surface area contributed by atoms with E-state index in [9.17, 15) is 4.79 Å². The average Bonchev–Trinajstić information content (AvgIpc) is 2.74. The number of nitrogens with one attached hydrogen (secondary N) is 1. The molecule has 2 aliphatic heterocycles. The van der Waals surface area contributed by atoms with Gasteiger partial charge in [0.1, 0.15) is 0 Å². The van der Waals surface area contributed by atoms with Crippen molar-refractivity contribution in [2.75, 3.05) is 25.5 Å². The third-order valence-electron chi connectivity index (χ3n) is 2.12. The number of thioether (sulfide) groups is 1. The smallest absolute Gasteiger partial charge is 0.231 e. The van der Waals surface area contributed by atoms with Gasteiger partial charge in [-0.1, -0.05) is 11.8 Å². The maximum Gasteiger partial charge on any atom is 0.231 e. The fourth-order valence-corrected chi connectivity index (χ4v) is 2.09. The Labute approximate surface area is 81.1 Å². The Bertz CT molecular complexity index is 236. The maximum atomic E-state index is 11.5. The van der Waals surface area contributed by atoms with E-state index in [4.69, 9.17) is 4.74 Å². The summed E-state index contributed by atoms with van der Waals surface area (Å²) in [5, 5.41) is 3.59. The van der Waals surface area contributed by atoms with E-state index in [0.29, 0.717) is 13.2 Å². The summed E-state index contributed by atoms with van der Waals surface area (Å²) in [5.41, 5.74) is 0. The van der Waals surface area contributed by atoms with Gasteiger partial charge in [-0.25, -0.2) is 0 Å². The van der Waals surface area contributed by atoms with E-state index in [1.54, 1.807) is 11.8 Å². The summed E-state index contributed by atoms with van der Waals surface area (Å²) in [4.78, 5) is 15.7. The maximum absolute atomic E-state index is 11.5. The van der Waals surface area contributed by atoms with E-state index in [-0.39, 0.29) is 11.8 Å². The number of hydrogen-bond acceptors (Lipinski definition) is 4. The fraction of sp³-hybridized carbons (Fsp3) is 0.750. The van der Waals surface area contributed by atoms with Crippen LogP contribution in [0.1, 0.15) is 6.42 Å². The second-order valence-electron chi connectivity index (χ2n) is 3.09. The first-order valence-electron chi connectivity index (χ1n) is 4.42. The minimum Gasteiger partial charge on any atom is -0.381 e. The number of aliphatic imine (C=N–C) groups is 1. The molecule has 0 spiro atoms. The van der Waals surface area contributed by atoms with Crippen LogP contribution in [0.25, 0.3) is 0 Å². The average molecular weight is 200 g/mol. The van der Waals surface area contributed by atoms with Crippen molar-refractivity contribution < 1.29 is 9.53 Å². The third-order valence-corrected chi connectivity index (χ3v) is 3.01. The number of hydrogen-bond donors (Lipinski definition) is 1. The minimum atomic E-state index is 0.0314. The first kappa shape index (κ1) is 9.02. The van der Waals surface area contributed by atoms with E-state index in [0.717, 1.165) is 23.9 Å². The Hall–Kier alpha value is -0.550. The van der Waals surface area contributed by atoms with E-state index in [1.165, 1.54) is 0 Å². The van der Waals surface area contributed by atoms with Crippen LogP contribution in [0.2, 0.25) is 0 Å². The van der Waals surface area contributed by atoms with Gasteiger partial charge in [-0.15, -0.1) is 0 Å². The quantitative estimate of drug-likeness (QED) is 0.659. The summed E-state index contributed by atoms with van der Waals surface area (Å²) < 4.78 is 5.14. The highest BCUT2D eigenvalue weighted by Gasteiger charge is 2.24. The molecule has 5 heteroatoms. The van der Waals surface area contributed by atoms with Crippen LogP contribution < -0.4 is 5.32 Å². The summed E-state index contributed by atoms with van der Waals surface area (Å²) in [6.45, 7) is 2.09. The van der Waals surface area contributed by atoms with Crippen LogP contribution in [-0.2, 0) is 9.53 Å². The molecule has 0 aliphatic carbocycles. The van der Waals surface area contributed by atoms with Gasteiger partial charge in [0.2, 0.25) is 5.91 Å². The fourth-order valence-electron chi connectivity index (χ4n) is 1.36. The van der Waals surface area contributed by atoms with Crippen LogP contribution in [0.3, 0.4) is 0 Å². The molecule has 1 fully saturated rings. The van der Waals surface area contributed by atoms with Crippen LogP contribution >= 0.6 is 11.8 Å². The normalized spacial score (nSPS) is 27.4. The molecule has 0 saturated carbocycles. The number of nitrogens with zero attached hydrogens (tertiary/aromatic N) is 1. The molecule has 2 aliphatic rings. The zero-order valence-corrected chi connectivity index (χ0v) is 8.10. The first-order valence-corrected chi connectivity index (χ1v) is 5.40. The van der Waals surface area contributed by atoms with Gasteiger partial charge in [0.05, 0.1) is 19.1 Å². The molecule has 1 amide bonds. The molecule has 0 aromatic carbocycles. The predicted molar refractivity (Wildman–Crippen MR) is 51.8 cm³/mol. The molecule has 1 atom stereocenters. The van der Waals surface area contributed by atoms with Crippen LogP contribution in [0.15, 0.2) is 4.99 Å². The molecule has 0 radical (unpaired) electrons. The molecule has 0 aromatic heterocycles. The highest BCUT2D eigenvalue weighted by atomic mass is 32.2. The van der Waals surface area contributed by atoms with Crippen molar-refractivity contribution in [3.8, 4) is 0 Å². The standard InChI is InChI=1S/C8H12N2O2S/c11-7(6-1-3-12-5-6)10-8-9-2-4-13-8/h6H,1-5H2,(H,9,10,11). The molecular weight excluding hydrogens is 188 g/mol. The van der Waals surface area contributed by atoms with Gasteiger partial charge in [0.15, 0.2) is 5.17 Å². The van der Waals surface area contributed by atoms with Gasteiger partial charge in [0.25, 0.3) is 0 Å². The molecule has 0 aromatic rings. The number of amidine groups is 1. The highest BCUT2D eigenvalue weighted by molar-refractivity contribution is 8.14. The van der Waals surface area contributed by atoms with Crippen molar-refractivity contribution in [2.45, 2.75) is 6.42 Å². The number of carbonyl (C=O) groups is 1. The van der Waals surface area contributed by atoms with Gasteiger partial charge in [-0.2, -0.15) is 0 Å². The SMILES string of the molecule is O=C(NC1=NCCS1)C1CCOC1. The molecule has 0 bridgehead atoms. The van der Waals surface area contributed by atoms with Crippen molar-refractivity contribution in [3.05, 3.63) is 0 Å². The van der Waals surface area contributed by atoms with Crippen molar-refractivity contribution in [2.24, 2.45) is 10.9 Å². The van der Waals surface area contributed by atoms with Crippen LogP contribution in [0.5, 0.6) is 0 Å². The largest absolute Gasteiger partial charge is 0.381 e. The van der Waals surface area contributed by atoms with Crippen molar-refractivity contribution in [1.29, 1.82) is 0 Å². The van der Waals surface area contributed by atoms with Crippen molar-refractivity contribution in [1.82, 2.24) is 5.32 Å². The molecule has 72 valence electrons. The second kappa shape index (κ2) is 4.11. The van der Waals surface area contributed by atoms with E-state index in [2.05, 4.69) is 10.3 Å². The molecule has 2 heterocycles. The Morgan fingerprint density at radius 3 is 3.23 bits per heavy atom. The third kappa shape index (κ3) is 2.22. The molecule has 13 heavy (non-hydrogen) atoms. The number of rotatable bonds is 1. The van der Waals surface area contributed by atoms with Crippen LogP contribution in [0, 0.1) is 5.92 Å². The highest BCUT2D eigenvalue weighted by Crippen LogP contribution is 2.14. The summed E-state index contributed by atoms with van der Waals surface area (Å²) in [7, 11) is 0. The lowest BCUT2D eigenvalue weighted by Crippen LogP contribution is -2.33. The molecule has 4 nitrogen and oxygen atoms in total. The van der Waals surface area contributed by atoms with E-state index < -0.39 is 0 Å². The van der Waals surface area contributed by atoms with Gasteiger partial charge >= 0.3 is 0 Å². The number of carbonyl (C=O) groups excluding carboxylic acids is 1. The zero-order valence-electron chi connectivity index (χ0n) is 7.28. The van der Waals surface area contributed by atoms with Crippen LogP contribution in [0.4, 0.5) is 0 Å². The molecule has 1 unspecified atom stereocenters. The topological polar surface area (TPSA) is 50.7 Å². The molecular formula is C8H12N2O2S. The predicted octanol–water partition coefficient (Wildman–Crippen LogP) is 0.242. The van der Waals surface area contributed by atoms with Crippen molar-refractivity contribution in [3.63, 3.8) is 0 Å². The monoisotopic (exact) mass is 200 g/mol. The van der Waals surface area contributed by atoms with Crippen LogP contribution in [-0.4, -0.2) is 36.6 Å². The van der Waals surface area contributed by atoms with E-state index in [1.807, 2.05) is 0 Å². The first-order chi connectivity index (χ1) is 6.36. The number of ether oxygens (including phenoxy) is 1. The summed E-state index contributed by atoms with van der Waals surface area (Å²) in [6.07, 6.45) is 0.837. The lowest BCUT2D eigenvalue weighted by molar-refractivity contribution is -0.123. The summed E-state index contributed by atoms with van der Waals surface area (Å²) in [6, 6.07) is 0. The Morgan fingerprint density at radius 1 is 1.69 bits per heavy atom. The second-order valence-corrected chi connectivity index (χ2v) is 4.17. The Morgan fingerprint density at radius 2 is 2.62 bits per heavy atom. The molecule has 1 N–H and O–H groups in total. The number of amides is 1. The summed E-state index contributed by atoms with van der Waals surface area (Å²) in [5.74, 6) is 1.08. The van der Waals surface area contributed by atoms with Gasteiger partial charge in [-0.3, -0.25) is 9.79 Å². The van der Waals surface area contributed by atoms with Gasteiger partial charge in [-0.05, 0) is 6.42 Å². The summed E-state index contributed by atoms with van der Waals surface area (Å²) >= 11 is 1.61. The van der Waals surface area contributed by atoms with Gasteiger partial charge in [0, 0.05) is 12.4 Å². The molecule has 1 saturated heterocycles. The Balaban J connectivity index is 1.83. The zero-order chi connectivity index (χ0) is 9.10. The lowest BCUT2D eigenvalue weighted by Gasteiger charge is -2.07. The van der Waals surface area contributed by atoms with Crippen molar-refractivity contribution >= 4 is 22.8 Å². The Kier molecular flexibility index (Phi) is 2.85. The van der Waals surface area contributed by atoms with Gasteiger partial charge < -0.3 is 10.1 Å². The lowest BCUT2D eigenvalue weighted by atomic mass is 10.1. The molecule has 2 rings (SSSR count).